The molecule has 1 aliphatic heterocycles. The third-order valence-electron chi connectivity index (χ3n) is 6.98. The lowest BCUT2D eigenvalue weighted by atomic mass is 9.96. The SMILES string of the molecule is Cc1ccc(C(=O)N2CCC(c3nc(-c4ccc(C(=O)NCc5ccccc5C)cc4)no3)CC2)cc1. The van der Waals surface area contributed by atoms with E-state index in [4.69, 9.17) is 4.52 Å². The summed E-state index contributed by atoms with van der Waals surface area (Å²) in [6, 6.07) is 22.9. The summed E-state index contributed by atoms with van der Waals surface area (Å²) in [5, 5.41) is 7.13. The van der Waals surface area contributed by atoms with Crippen LogP contribution in [0.4, 0.5) is 0 Å². The summed E-state index contributed by atoms with van der Waals surface area (Å²) in [6.07, 6.45) is 1.55. The lowest BCUT2D eigenvalue weighted by Gasteiger charge is -2.30. The Hall–Kier alpha value is -4.26. The van der Waals surface area contributed by atoms with Gasteiger partial charge in [-0.25, -0.2) is 0 Å². The highest BCUT2D eigenvalue weighted by molar-refractivity contribution is 5.95. The number of hydrogen-bond donors (Lipinski definition) is 1. The summed E-state index contributed by atoms with van der Waals surface area (Å²) in [4.78, 5) is 31.9. The van der Waals surface area contributed by atoms with E-state index in [-0.39, 0.29) is 17.7 Å². The van der Waals surface area contributed by atoms with Gasteiger partial charge in [-0.1, -0.05) is 59.3 Å². The molecule has 0 bridgehead atoms. The van der Waals surface area contributed by atoms with Gasteiger partial charge in [0.2, 0.25) is 11.7 Å². The first-order chi connectivity index (χ1) is 18.0. The van der Waals surface area contributed by atoms with Crippen LogP contribution in [0.25, 0.3) is 11.4 Å². The summed E-state index contributed by atoms with van der Waals surface area (Å²) >= 11 is 0. The number of aromatic nitrogens is 2. The number of hydrogen-bond acceptors (Lipinski definition) is 5. The molecule has 0 unspecified atom stereocenters. The van der Waals surface area contributed by atoms with Crippen LogP contribution in [0.5, 0.6) is 0 Å². The number of amides is 2. The predicted molar refractivity (Wildman–Crippen MR) is 141 cm³/mol. The fourth-order valence-electron chi connectivity index (χ4n) is 4.58. The number of likely N-dealkylation sites (tertiary alicyclic amines) is 1. The average molecular weight is 495 g/mol. The highest BCUT2D eigenvalue weighted by Crippen LogP contribution is 2.29. The number of nitrogens with zero attached hydrogens (tertiary/aromatic N) is 3. The molecular weight excluding hydrogens is 464 g/mol. The lowest BCUT2D eigenvalue weighted by Crippen LogP contribution is -2.38. The number of rotatable bonds is 6. The number of piperidine rings is 1. The van der Waals surface area contributed by atoms with E-state index in [1.54, 1.807) is 12.1 Å². The largest absolute Gasteiger partial charge is 0.348 e. The smallest absolute Gasteiger partial charge is 0.253 e. The van der Waals surface area contributed by atoms with E-state index in [1.807, 2.05) is 79.4 Å². The molecule has 37 heavy (non-hydrogen) atoms. The zero-order chi connectivity index (χ0) is 25.8. The van der Waals surface area contributed by atoms with Gasteiger partial charge >= 0.3 is 0 Å². The fraction of sp³-hybridized carbons (Fsp3) is 0.267. The monoisotopic (exact) mass is 494 g/mol. The Morgan fingerprint density at radius 1 is 0.919 bits per heavy atom. The number of carbonyl (C=O) groups is 2. The Bertz CT molecular complexity index is 1390. The molecule has 0 saturated carbocycles. The van der Waals surface area contributed by atoms with Crippen molar-refractivity contribution in [3.63, 3.8) is 0 Å². The molecule has 2 amide bonds. The summed E-state index contributed by atoms with van der Waals surface area (Å²) in [7, 11) is 0. The van der Waals surface area contributed by atoms with Gasteiger partial charge < -0.3 is 14.7 Å². The summed E-state index contributed by atoms with van der Waals surface area (Å²) in [5.41, 5.74) is 5.46. The third kappa shape index (κ3) is 5.61. The summed E-state index contributed by atoms with van der Waals surface area (Å²) in [6.45, 7) is 5.83. The van der Waals surface area contributed by atoms with Crippen molar-refractivity contribution >= 4 is 11.8 Å². The van der Waals surface area contributed by atoms with Crippen molar-refractivity contribution in [2.24, 2.45) is 0 Å². The minimum atomic E-state index is -0.129. The third-order valence-corrected chi connectivity index (χ3v) is 6.98. The quantitative estimate of drug-likeness (QED) is 0.393. The molecule has 3 aromatic carbocycles. The van der Waals surface area contributed by atoms with Gasteiger partial charge in [-0.2, -0.15) is 4.98 Å². The zero-order valence-electron chi connectivity index (χ0n) is 21.1. The molecule has 7 nitrogen and oxygen atoms in total. The maximum atomic E-state index is 12.8. The van der Waals surface area contributed by atoms with Crippen LogP contribution in [0, 0.1) is 13.8 Å². The molecule has 188 valence electrons. The van der Waals surface area contributed by atoms with Crippen LogP contribution in [-0.2, 0) is 6.54 Å². The van der Waals surface area contributed by atoms with Gasteiger partial charge in [0.25, 0.3) is 11.8 Å². The number of carbonyl (C=O) groups excluding carboxylic acids is 2. The highest BCUT2D eigenvalue weighted by Gasteiger charge is 2.28. The first-order valence-corrected chi connectivity index (χ1v) is 12.6. The Morgan fingerprint density at radius 3 is 2.30 bits per heavy atom. The van der Waals surface area contributed by atoms with E-state index in [2.05, 4.69) is 15.5 Å². The molecule has 0 atom stereocenters. The van der Waals surface area contributed by atoms with E-state index in [1.165, 1.54) is 0 Å². The molecular formula is C30H30N4O3. The van der Waals surface area contributed by atoms with Crippen LogP contribution in [0.2, 0.25) is 0 Å². The predicted octanol–water partition coefficient (Wildman–Crippen LogP) is 5.30. The zero-order valence-corrected chi connectivity index (χ0v) is 21.1. The highest BCUT2D eigenvalue weighted by atomic mass is 16.5. The van der Waals surface area contributed by atoms with Crippen molar-refractivity contribution in [2.75, 3.05) is 13.1 Å². The van der Waals surface area contributed by atoms with Gasteiger partial charge in [-0.05, 0) is 62.1 Å². The van der Waals surface area contributed by atoms with Crippen LogP contribution in [-0.4, -0.2) is 39.9 Å². The first-order valence-electron chi connectivity index (χ1n) is 12.6. The molecule has 7 heteroatoms. The van der Waals surface area contributed by atoms with Crippen molar-refractivity contribution in [1.82, 2.24) is 20.4 Å². The van der Waals surface area contributed by atoms with Crippen molar-refractivity contribution in [3.8, 4) is 11.4 Å². The van der Waals surface area contributed by atoms with Gasteiger partial charge in [0.05, 0.1) is 0 Å². The van der Waals surface area contributed by atoms with Gasteiger partial charge in [0.1, 0.15) is 0 Å². The second-order valence-electron chi connectivity index (χ2n) is 9.58. The fourth-order valence-corrected chi connectivity index (χ4v) is 4.58. The van der Waals surface area contributed by atoms with E-state index >= 15 is 0 Å². The molecule has 2 heterocycles. The lowest BCUT2D eigenvalue weighted by molar-refractivity contribution is 0.0704. The van der Waals surface area contributed by atoms with Crippen molar-refractivity contribution in [1.29, 1.82) is 0 Å². The number of aryl methyl sites for hydroxylation is 2. The maximum Gasteiger partial charge on any atom is 0.253 e. The van der Waals surface area contributed by atoms with Gasteiger partial charge in [-0.3, -0.25) is 9.59 Å². The minimum absolute atomic E-state index is 0.0627. The maximum absolute atomic E-state index is 12.8. The molecule has 4 aromatic rings. The van der Waals surface area contributed by atoms with Gasteiger partial charge in [0, 0.05) is 42.2 Å². The molecule has 1 saturated heterocycles. The van der Waals surface area contributed by atoms with Crippen LogP contribution in [0.1, 0.15) is 62.1 Å². The molecule has 0 radical (unpaired) electrons. The van der Waals surface area contributed by atoms with E-state index < -0.39 is 0 Å². The Balaban J connectivity index is 1.16. The molecule has 1 aromatic heterocycles. The number of nitrogens with one attached hydrogen (secondary N) is 1. The topological polar surface area (TPSA) is 88.3 Å². The Labute approximate surface area is 216 Å². The standard InChI is InChI=1S/C30H30N4O3/c1-20-7-9-25(10-8-20)30(36)34-17-15-24(16-18-34)29-32-27(33-37-29)22-11-13-23(14-12-22)28(35)31-19-26-6-4-3-5-21(26)2/h3-14,24H,15-19H2,1-2H3,(H,31,35). The molecule has 0 spiro atoms. The Morgan fingerprint density at radius 2 is 1.59 bits per heavy atom. The normalized spacial score (nSPS) is 13.9. The molecule has 1 aliphatic rings. The molecule has 1 fully saturated rings. The molecule has 1 N–H and O–H groups in total. The molecule has 5 rings (SSSR count). The molecule has 0 aliphatic carbocycles. The van der Waals surface area contributed by atoms with Crippen LogP contribution in [0.3, 0.4) is 0 Å². The first kappa shape index (κ1) is 24.4. The van der Waals surface area contributed by atoms with Gasteiger partial charge in [0.15, 0.2) is 0 Å². The van der Waals surface area contributed by atoms with Gasteiger partial charge in [-0.15, -0.1) is 0 Å². The second kappa shape index (κ2) is 10.8. The van der Waals surface area contributed by atoms with Crippen LogP contribution in [0.15, 0.2) is 77.3 Å². The van der Waals surface area contributed by atoms with E-state index in [9.17, 15) is 9.59 Å². The van der Waals surface area contributed by atoms with E-state index in [0.29, 0.717) is 36.9 Å². The Kier molecular flexibility index (Phi) is 7.12. The summed E-state index contributed by atoms with van der Waals surface area (Å²) in [5.74, 6) is 1.15. The minimum Gasteiger partial charge on any atom is -0.348 e. The summed E-state index contributed by atoms with van der Waals surface area (Å²) < 4.78 is 5.58. The van der Waals surface area contributed by atoms with Crippen LogP contribution < -0.4 is 5.32 Å². The van der Waals surface area contributed by atoms with E-state index in [0.717, 1.165) is 40.7 Å². The second-order valence-corrected chi connectivity index (χ2v) is 9.58. The van der Waals surface area contributed by atoms with Crippen LogP contribution >= 0.6 is 0 Å². The van der Waals surface area contributed by atoms with Crippen molar-refractivity contribution in [3.05, 3.63) is 107 Å². The van der Waals surface area contributed by atoms with Crippen molar-refractivity contribution < 1.29 is 14.1 Å². The van der Waals surface area contributed by atoms with Crippen molar-refractivity contribution in [2.45, 2.75) is 39.2 Å². The average Bonchev–Trinajstić information content (AvgIpc) is 3.43. The number of benzene rings is 3.